The molecule has 1 N–H and O–H groups in total. The van der Waals surface area contributed by atoms with E-state index in [1.807, 2.05) is 25.1 Å². The molecule has 1 aromatic carbocycles. The summed E-state index contributed by atoms with van der Waals surface area (Å²) in [4.78, 5) is 11.6. The number of hydrogen-bond acceptors (Lipinski definition) is 2. The van der Waals surface area contributed by atoms with Crippen molar-refractivity contribution in [3.63, 3.8) is 0 Å². The van der Waals surface area contributed by atoms with E-state index in [2.05, 4.69) is 12.2 Å². The van der Waals surface area contributed by atoms with E-state index < -0.39 is 0 Å². The summed E-state index contributed by atoms with van der Waals surface area (Å²) in [5, 5.41) is 2.93. The predicted molar refractivity (Wildman–Crippen MR) is 68.3 cm³/mol. The minimum atomic E-state index is 0.145. The lowest BCUT2D eigenvalue weighted by atomic mass is 10.2. The Bertz CT molecular complexity index is 411. The Hall–Kier alpha value is -1.51. The quantitative estimate of drug-likeness (QED) is 0.848. The zero-order chi connectivity index (χ0) is 12.3. The average Bonchev–Trinajstić information content (AvgIpc) is 3.11. The van der Waals surface area contributed by atoms with Gasteiger partial charge in [-0.2, -0.15) is 0 Å². The highest BCUT2D eigenvalue weighted by Crippen LogP contribution is 2.30. The van der Waals surface area contributed by atoms with Gasteiger partial charge in [-0.05, 0) is 49.9 Å². The Morgan fingerprint density at radius 1 is 1.47 bits per heavy atom. The summed E-state index contributed by atoms with van der Waals surface area (Å²) in [5.74, 6) is 1.29. The van der Waals surface area contributed by atoms with Crippen LogP contribution in [0.3, 0.4) is 0 Å². The Kier molecular flexibility index (Phi) is 3.67. The molecule has 17 heavy (non-hydrogen) atoms. The van der Waals surface area contributed by atoms with Crippen LogP contribution in [0.1, 0.15) is 31.7 Å². The first-order valence-corrected chi connectivity index (χ1v) is 6.25. The SMILES string of the molecule is CCCOc1ccc(NC(=O)C2CC2)cc1C. The van der Waals surface area contributed by atoms with Crippen LogP contribution < -0.4 is 10.1 Å². The minimum Gasteiger partial charge on any atom is -0.493 e. The standard InChI is InChI=1S/C14H19NO2/c1-3-8-17-13-7-6-12(9-10(13)2)15-14(16)11-4-5-11/h6-7,9,11H,3-5,8H2,1-2H3,(H,15,16). The van der Waals surface area contributed by atoms with Gasteiger partial charge in [0, 0.05) is 11.6 Å². The molecule has 0 bridgehead atoms. The van der Waals surface area contributed by atoms with E-state index >= 15 is 0 Å². The van der Waals surface area contributed by atoms with Crippen molar-refractivity contribution >= 4 is 11.6 Å². The summed E-state index contributed by atoms with van der Waals surface area (Å²) >= 11 is 0. The number of carbonyl (C=O) groups excluding carboxylic acids is 1. The van der Waals surface area contributed by atoms with Gasteiger partial charge in [0.2, 0.25) is 5.91 Å². The van der Waals surface area contributed by atoms with Gasteiger partial charge >= 0.3 is 0 Å². The first-order valence-electron chi connectivity index (χ1n) is 6.25. The van der Waals surface area contributed by atoms with Crippen LogP contribution in [0.4, 0.5) is 5.69 Å². The van der Waals surface area contributed by atoms with Crippen molar-refractivity contribution in [2.75, 3.05) is 11.9 Å². The average molecular weight is 233 g/mol. The highest BCUT2D eigenvalue weighted by molar-refractivity contribution is 5.94. The van der Waals surface area contributed by atoms with E-state index in [0.29, 0.717) is 0 Å². The number of anilines is 1. The summed E-state index contributed by atoms with van der Waals surface area (Å²) in [7, 11) is 0. The van der Waals surface area contributed by atoms with E-state index in [1.165, 1.54) is 0 Å². The molecule has 0 heterocycles. The number of amides is 1. The maximum Gasteiger partial charge on any atom is 0.227 e. The molecule has 1 aromatic rings. The summed E-state index contributed by atoms with van der Waals surface area (Å²) < 4.78 is 5.59. The third kappa shape index (κ3) is 3.22. The minimum absolute atomic E-state index is 0.145. The van der Waals surface area contributed by atoms with Gasteiger partial charge in [0.25, 0.3) is 0 Å². The van der Waals surface area contributed by atoms with E-state index in [4.69, 9.17) is 4.74 Å². The van der Waals surface area contributed by atoms with Gasteiger partial charge < -0.3 is 10.1 Å². The molecule has 1 saturated carbocycles. The summed E-state index contributed by atoms with van der Waals surface area (Å²) in [6.07, 6.45) is 3.06. The normalized spacial score (nSPS) is 14.5. The zero-order valence-electron chi connectivity index (χ0n) is 10.5. The second-order valence-electron chi connectivity index (χ2n) is 4.59. The smallest absolute Gasteiger partial charge is 0.227 e. The van der Waals surface area contributed by atoms with Gasteiger partial charge in [-0.15, -0.1) is 0 Å². The number of ether oxygens (including phenoxy) is 1. The maximum atomic E-state index is 11.6. The van der Waals surface area contributed by atoms with Gasteiger partial charge in [-0.3, -0.25) is 4.79 Å². The van der Waals surface area contributed by atoms with Crippen LogP contribution in [0.25, 0.3) is 0 Å². The van der Waals surface area contributed by atoms with E-state index in [-0.39, 0.29) is 11.8 Å². The number of rotatable bonds is 5. The van der Waals surface area contributed by atoms with Gasteiger partial charge in [0.05, 0.1) is 6.61 Å². The van der Waals surface area contributed by atoms with Crippen LogP contribution in [0.2, 0.25) is 0 Å². The first kappa shape index (κ1) is 12.0. The van der Waals surface area contributed by atoms with E-state index in [9.17, 15) is 4.79 Å². The summed E-state index contributed by atoms with van der Waals surface area (Å²) in [6.45, 7) is 4.81. The van der Waals surface area contributed by atoms with Crippen molar-refractivity contribution in [3.05, 3.63) is 23.8 Å². The second kappa shape index (κ2) is 5.21. The molecule has 1 aliphatic carbocycles. The molecule has 2 rings (SSSR count). The number of aryl methyl sites for hydroxylation is 1. The second-order valence-corrected chi connectivity index (χ2v) is 4.59. The molecule has 0 unspecified atom stereocenters. The molecule has 0 atom stereocenters. The van der Waals surface area contributed by atoms with E-state index in [0.717, 1.165) is 42.9 Å². The number of hydrogen-bond donors (Lipinski definition) is 1. The third-order valence-electron chi connectivity index (χ3n) is 2.85. The van der Waals surface area contributed by atoms with Crippen molar-refractivity contribution in [1.82, 2.24) is 0 Å². The lowest BCUT2D eigenvalue weighted by Gasteiger charge is -2.10. The molecular formula is C14H19NO2. The molecule has 0 aliphatic heterocycles. The number of carbonyl (C=O) groups is 1. The molecule has 0 aromatic heterocycles. The van der Waals surface area contributed by atoms with Crippen molar-refractivity contribution in [2.24, 2.45) is 5.92 Å². The molecule has 92 valence electrons. The predicted octanol–water partition coefficient (Wildman–Crippen LogP) is 3.13. The molecule has 0 saturated heterocycles. The van der Waals surface area contributed by atoms with Crippen LogP contribution >= 0.6 is 0 Å². The van der Waals surface area contributed by atoms with Gasteiger partial charge in [-0.25, -0.2) is 0 Å². The van der Waals surface area contributed by atoms with Crippen LogP contribution in [-0.4, -0.2) is 12.5 Å². The fourth-order valence-corrected chi connectivity index (χ4v) is 1.69. The Labute approximate surface area is 102 Å². The monoisotopic (exact) mass is 233 g/mol. The lowest BCUT2D eigenvalue weighted by molar-refractivity contribution is -0.117. The topological polar surface area (TPSA) is 38.3 Å². The van der Waals surface area contributed by atoms with Crippen molar-refractivity contribution < 1.29 is 9.53 Å². The van der Waals surface area contributed by atoms with Crippen LogP contribution in [-0.2, 0) is 4.79 Å². The fourth-order valence-electron chi connectivity index (χ4n) is 1.69. The van der Waals surface area contributed by atoms with Gasteiger partial charge in [-0.1, -0.05) is 6.92 Å². The van der Waals surface area contributed by atoms with Crippen LogP contribution in [0.5, 0.6) is 5.75 Å². The van der Waals surface area contributed by atoms with Crippen molar-refractivity contribution in [2.45, 2.75) is 33.1 Å². The fraction of sp³-hybridized carbons (Fsp3) is 0.500. The number of benzene rings is 1. The highest BCUT2D eigenvalue weighted by Gasteiger charge is 2.29. The van der Waals surface area contributed by atoms with Gasteiger partial charge in [0.1, 0.15) is 5.75 Å². The van der Waals surface area contributed by atoms with Crippen molar-refractivity contribution in [3.8, 4) is 5.75 Å². The van der Waals surface area contributed by atoms with Gasteiger partial charge in [0.15, 0.2) is 0 Å². The Morgan fingerprint density at radius 3 is 2.82 bits per heavy atom. The van der Waals surface area contributed by atoms with E-state index in [1.54, 1.807) is 0 Å². The first-order chi connectivity index (χ1) is 8.20. The molecular weight excluding hydrogens is 214 g/mol. The Morgan fingerprint density at radius 2 is 2.24 bits per heavy atom. The highest BCUT2D eigenvalue weighted by atomic mass is 16.5. The van der Waals surface area contributed by atoms with Crippen LogP contribution in [0, 0.1) is 12.8 Å². The third-order valence-corrected chi connectivity index (χ3v) is 2.85. The molecule has 1 aliphatic rings. The molecule has 1 fully saturated rings. The summed E-state index contributed by atoms with van der Waals surface area (Å²) in [5.41, 5.74) is 1.93. The van der Waals surface area contributed by atoms with Crippen LogP contribution in [0.15, 0.2) is 18.2 Å². The maximum absolute atomic E-state index is 11.6. The lowest BCUT2D eigenvalue weighted by Crippen LogP contribution is -2.13. The zero-order valence-corrected chi connectivity index (χ0v) is 10.5. The largest absolute Gasteiger partial charge is 0.493 e. The summed E-state index contributed by atoms with van der Waals surface area (Å²) in [6, 6.07) is 5.79. The Balaban J connectivity index is 1.99. The molecule has 3 heteroatoms. The molecule has 1 amide bonds. The number of nitrogens with one attached hydrogen (secondary N) is 1. The molecule has 0 radical (unpaired) electrons. The molecule has 0 spiro atoms. The molecule has 3 nitrogen and oxygen atoms in total. The van der Waals surface area contributed by atoms with Crippen molar-refractivity contribution in [1.29, 1.82) is 0 Å².